The molecule has 2 aromatic carbocycles. The quantitative estimate of drug-likeness (QED) is 0.829. The minimum absolute atomic E-state index is 0.203. The molecule has 1 unspecified atom stereocenters. The van der Waals surface area contributed by atoms with E-state index in [2.05, 4.69) is 0 Å². The van der Waals surface area contributed by atoms with Crippen molar-refractivity contribution in [1.29, 1.82) is 0 Å². The molecule has 0 heterocycles. The van der Waals surface area contributed by atoms with Crippen LogP contribution in [0.5, 0.6) is 5.75 Å². The molecule has 2 aromatic rings. The van der Waals surface area contributed by atoms with Crippen LogP contribution < -0.4 is 10.5 Å². The molecule has 0 aromatic heterocycles. The summed E-state index contributed by atoms with van der Waals surface area (Å²) in [5.41, 5.74) is 7.27. The lowest BCUT2D eigenvalue weighted by atomic mass is 9.96. The fourth-order valence-electron chi connectivity index (χ4n) is 2.46. The molecule has 0 aliphatic heterocycles. The second-order valence-corrected chi connectivity index (χ2v) is 4.85. The highest BCUT2D eigenvalue weighted by molar-refractivity contribution is 5.91. The first-order valence-electron chi connectivity index (χ1n) is 7.14. The van der Waals surface area contributed by atoms with Crippen molar-refractivity contribution in [1.82, 2.24) is 0 Å². The number of hydrogen-bond donors (Lipinski definition) is 1. The van der Waals surface area contributed by atoms with Gasteiger partial charge in [-0.1, -0.05) is 30.3 Å². The zero-order valence-electron chi connectivity index (χ0n) is 12.5. The van der Waals surface area contributed by atoms with E-state index in [0.29, 0.717) is 19.4 Å². The van der Waals surface area contributed by atoms with Crippen molar-refractivity contribution in [3.63, 3.8) is 0 Å². The van der Waals surface area contributed by atoms with E-state index in [0.717, 1.165) is 22.1 Å². The van der Waals surface area contributed by atoms with E-state index < -0.39 is 0 Å². The summed E-state index contributed by atoms with van der Waals surface area (Å²) in [6, 6.07) is 11.7. The van der Waals surface area contributed by atoms with Gasteiger partial charge in [0.25, 0.3) is 0 Å². The summed E-state index contributed by atoms with van der Waals surface area (Å²) in [5, 5.41) is 2.09. The second-order valence-electron chi connectivity index (χ2n) is 4.85. The zero-order chi connectivity index (χ0) is 15.2. The summed E-state index contributed by atoms with van der Waals surface area (Å²) in [4.78, 5) is 11.4. The maximum Gasteiger partial charge on any atom is 0.305 e. The first kappa shape index (κ1) is 15.3. The molecule has 0 aliphatic rings. The summed E-state index contributed by atoms with van der Waals surface area (Å²) in [5.74, 6) is 0.623. The molecule has 4 heteroatoms. The molecule has 0 spiro atoms. The molecule has 21 heavy (non-hydrogen) atoms. The lowest BCUT2D eigenvalue weighted by Crippen LogP contribution is -2.14. The Kier molecular flexibility index (Phi) is 5.17. The Morgan fingerprint density at radius 1 is 1.19 bits per heavy atom. The molecule has 0 saturated heterocycles. The Bertz CT molecular complexity index is 624. The van der Waals surface area contributed by atoms with Gasteiger partial charge in [0, 0.05) is 17.8 Å². The van der Waals surface area contributed by atoms with Gasteiger partial charge in [-0.2, -0.15) is 0 Å². The summed E-state index contributed by atoms with van der Waals surface area (Å²) < 4.78 is 10.3. The number of nitrogens with two attached hydrogens (primary N) is 1. The maximum atomic E-state index is 11.4. The molecule has 0 amide bonds. The highest BCUT2D eigenvalue weighted by Gasteiger charge is 2.14. The van der Waals surface area contributed by atoms with Gasteiger partial charge in [-0.05, 0) is 30.4 Å². The topological polar surface area (TPSA) is 61.5 Å². The van der Waals surface area contributed by atoms with E-state index in [9.17, 15) is 4.79 Å². The van der Waals surface area contributed by atoms with Crippen LogP contribution in [0.2, 0.25) is 0 Å². The van der Waals surface area contributed by atoms with Crippen molar-refractivity contribution >= 4 is 16.7 Å². The Labute approximate surface area is 124 Å². The third-order valence-corrected chi connectivity index (χ3v) is 3.50. The number of benzene rings is 2. The SMILES string of the molecule is CCOC(=O)CCC(N)c1ccc(OC)c2ccccc12. The molecule has 4 nitrogen and oxygen atoms in total. The van der Waals surface area contributed by atoms with E-state index in [1.807, 2.05) is 36.4 Å². The van der Waals surface area contributed by atoms with Crippen LogP contribution in [0, 0.1) is 0 Å². The van der Waals surface area contributed by atoms with Crippen molar-refractivity contribution in [2.75, 3.05) is 13.7 Å². The van der Waals surface area contributed by atoms with Crippen molar-refractivity contribution in [2.24, 2.45) is 5.73 Å². The Hall–Kier alpha value is -2.07. The second kappa shape index (κ2) is 7.09. The molecular formula is C17H21NO3. The monoisotopic (exact) mass is 287 g/mol. The lowest BCUT2D eigenvalue weighted by Gasteiger charge is -2.16. The van der Waals surface area contributed by atoms with Gasteiger partial charge in [0.15, 0.2) is 0 Å². The molecule has 0 saturated carbocycles. The van der Waals surface area contributed by atoms with E-state index in [1.54, 1.807) is 14.0 Å². The van der Waals surface area contributed by atoms with Gasteiger partial charge in [0.2, 0.25) is 0 Å². The predicted octanol–water partition coefficient (Wildman–Crippen LogP) is 3.19. The van der Waals surface area contributed by atoms with Crippen LogP contribution in [0.4, 0.5) is 0 Å². The summed E-state index contributed by atoms with van der Waals surface area (Å²) >= 11 is 0. The fraction of sp³-hybridized carbons (Fsp3) is 0.353. The molecule has 0 aliphatic carbocycles. The molecule has 0 fully saturated rings. The normalized spacial score (nSPS) is 12.1. The minimum Gasteiger partial charge on any atom is -0.496 e. The number of methoxy groups -OCH3 is 1. The molecular weight excluding hydrogens is 266 g/mol. The molecule has 0 bridgehead atoms. The van der Waals surface area contributed by atoms with E-state index in [4.69, 9.17) is 15.2 Å². The van der Waals surface area contributed by atoms with Crippen LogP contribution in [-0.2, 0) is 9.53 Å². The Balaban J connectivity index is 2.23. The zero-order valence-corrected chi connectivity index (χ0v) is 12.5. The molecule has 2 rings (SSSR count). The fourth-order valence-corrected chi connectivity index (χ4v) is 2.46. The van der Waals surface area contributed by atoms with Crippen LogP contribution in [0.25, 0.3) is 10.8 Å². The highest BCUT2D eigenvalue weighted by Crippen LogP contribution is 2.32. The van der Waals surface area contributed by atoms with Crippen molar-refractivity contribution in [3.8, 4) is 5.75 Å². The van der Waals surface area contributed by atoms with Gasteiger partial charge in [-0.25, -0.2) is 0 Å². The molecule has 0 radical (unpaired) electrons. The average Bonchev–Trinajstić information content (AvgIpc) is 2.51. The van der Waals surface area contributed by atoms with Crippen molar-refractivity contribution in [3.05, 3.63) is 42.0 Å². The van der Waals surface area contributed by atoms with Gasteiger partial charge in [0.05, 0.1) is 13.7 Å². The van der Waals surface area contributed by atoms with E-state index >= 15 is 0 Å². The first-order chi connectivity index (χ1) is 10.2. The van der Waals surface area contributed by atoms with Crippen LogP contribution in [0.1, 0.15) is 31.4 Å². The van der Waals surface area contributed by atoms with Gasteiger partial charge in [0.1, 0.15) is 5.75 Å². The number of fused-ring (bicyclic) bond motifs is 1. The van der Waals surface area contributed by atoms with Crippen LogP contribution in [0.3, 0.4) is 0 Å². The average molecular weight is 287 g/mol. The number of hydrogen-bond acceptors (Lipinski definition) is 4. The Morgan fingerprint density at radius 3 is 2.57 bits per heavy atom. The Morgan fingerprint density at radius 2 is 1.90 bits per heavy atom. The highest BCUT2D eigenvalue weighted by atomic mass is 16.5. The van der Waals surface area contributed by atoms with Crippen LogP contribution in [-0.4, -0.2) is 19.7 Å². The lowest BCUT2D eigenvalue weighted by molar-refractivity contribution is -0.143. The molecule has 2 N–H and O–H groups in total. The standard InChI is InChI=1S/C17H21NO3/c1-3-21-17(19)11-9-15(18)13-8-10-16(20-2)14-7-5-4-6-12(13)14/h4-8,10,15H,3,9,11,18H2,1-2H3. The van der Waals surface area contributed by atoms with E-state index in [1.165, 1.54) is 0 Å². The third kappa shape index (κ3) is 3.52. The van der Waals surface area contributed by atoms with Crippen molar-refractivity contribution in [2.45, 2.75) is 25.8 Å². The molecule has 1 atom stereocenters. The summed E-state index contributed by atoms with van der Waals surface area (Å²) in [6.45, 7) is 2.20. The minimum atomic E-state index is -0.204. The molecule has 112 valence electrons. The van der Waals surface area contributed by atoms with Crippen LogP contribution in [0.15, 0.2) is 36.4 Å². The van der Waals surface area contributed by atoms with Gasteiger partial charge >= 0.3 is 5.97 Å². The van der Waals surface area contributed by atoms with Gasteiger partial charge in [-0.15, -0.1) is 0 Å². The predicted molar refractivity (Wildman–Crippen MR) is 83.3 cm³/mol. The van der Waals surface area contributed by atoms with Crippen molar-refractivity contribution < 1.29 is 14.3 Å². The number of ether oxygens (including phenoxy) is 2. The first-order valence-corrected chi connectivity index (χ1v) is 7.14. The summed E-state index contributed by atoms with van der Waals surface area (Å²) in [6.07, 6.45) is 0.893. The smallest absolute Gasteiger partial charge is 0.305 e. The number of esters is 1. The largest absolute Gasteiger partial charge is 0.496 e. The maximum absolute atomic E-state index is 11.4. The van der Waals surface area contributed by atoms with E-state index in [-0.39, 0.29) is 12.0 Å². The number of carbonyl (C=O) groups excluding carboxylic acids is 1. The third-order valence-electron chi connectivity index (χ3n) is 3.50. The van der Waals surface area contributed by atoms with Crippen LogP contribution >= 0.6 is 0 Å². The summed E-state index contributed by atoms with van der Waals surface area (Å²) in [7, 11) is 1.65. The number of carbonyl (C=O) groups is 1. The van der Waals surface area contributed by atoms with Gasteiger partial charge in [-0.3, -0.25) is 4.79 Å². The van der Waals surface area contributed by atoms with Gasteiger partial charge < -0.3 is 15.2 Å². The number of rotatable bonds is 6.